The number of rotatable bonds is 6. The van der Waals surface area contributed by atoms with Crippen molar-refractivity contribution >= 4 is 28.3 Å². The van der Waals surface area contributed by atoms with Gasteiger partial charge in [-0.3, -0.25) is 9.59 Å². The molecule has 0 bridgehead atoms. The normalized spacial score (nSPS) is 18.3. The lowest BCUT2D eigenvalue weighted by Gasteiger charge is -2.35. The number of hydrogen-bond donors (Lipinski definition) is 1. The zero-order valence-corrected chi connectivity index (χ0v) is 14.1. The molecule has 2 rings (SSSR count). The van der Waals surface area contributed by atoms with Crippen molar-refractivity contribution in [2.45, 2.75) is 64.8 Å². The zero-order chi connectivity index (χ0) is 15.9. The predicted octanol–water partition coefficient (Wildman–Crippen LogP) is 2.61. The maximum absolute atomic E-state index is 12.3. The molecule has 0 aromatic carbocycles. The standard InChI is InChI=1S/C15H24N4O2S/c1-3-11-7-5-6-10-19(11)14(21)9-8-12(20)16-15-18-17-13(4-2)22-15/h11H,3-10H2,1-2H3,(H,16,18,20)/t11-/m0/s1. The molecule has 0 radical (unpaired) electrons. The van der Waals surface area contributed by atoms with Crippen LogP contribution in [0.4, 0.5) is 5.13 Å². The van der Waals surface area contributed by atoms with E-state index < -0.39 is 0 Å². The number of nitrogens with zero attached hydrogens (tertiary/aromatic N) is 3. The van der Waals surface area contributed by atoms with E-state index in [9.17, 15) is 9.59 Å². The Balaban J connectivity index is 1.78. The van der Waals surface area contributed by atoms with Gasteiger partial charge >= 0.3 is 0 Å². The van der Waals surface area contributed by atoms with Crippen molar-refractivity contribution in [3.8, 4) is 0 Å². The van der Waals surface area contributed by atoms with Crippen LogP contribution in [0.5, 0.6) is 0 Å². The second kappa shape index (κ2) is 8.22. The smallest absolute Gasteiger partial charge is 0.226 e. The Morgan fingerprint density at radius 1 is 1.27 bits per heavy atom. The number of amides is 2. The van der Waals surface area contributed by atoms with Gasteiger partial charge in [-0.15, -0.1) is 10.2 Å². The molecule has 6 nitrogen and oxygen atoms in total. The molecule has 1 atom stereocenters. The van der Waals surface area contributed by atoms with Crippen LogP contribution in [0.2, 0.25) is 0 Å². The first-order valence-electron chi connectivity index (χ1n) is 8.05. The van der Waals surface area contributed by atoms with E-state index in [1.165, 1.54) is 17.8 Å². The third kappa shape index (κ3) is 4.50. The first-order chi connectivity index (χ1) is 10.6. The van der Waals surface area contributed by atoms with E-state index in [1.54, 1.807) is 0 Å². The van der Waals surface area contributed by atoms with Crippen molar-refractivity contribution in [1.29, 1.82) is 0 Å². The molecule has 1 aromatic rings. The van der Waals surface area contributed by atoms with E-state index in [0.29, 0.717) is 11.2 Å². The minimum atomic E-state index is -0.169. The van der Waals surface area contributed by atoms with Gasteiger partial charge in [0, 0.05) is 25.4 Å². The minimum absolute atomic E-state index is 0.0909. The van der Waals surface area contributed by atoms with Gasteiger partial charge in [-0.05, 0) is 32.1 Å². The number of carbonyl (C=O) groups excluding carboxylic acids is 2. The molecule has 1 aliphatic heterocycles. The molecule has 0 unspecified atom stereocenters. The van der Waals surface area contributed by atoms with E-state index in [4.69, 9.17) is 0 Å². The zero-order valence-electron chi connectivity index (χ0n) is 13.3. The third-order valence-electron chi connectivity index (χ3n) is 4.00. The maximum atomic E-state index is 12.3. The summed E-state index contributed by atoms with van der Waals surface area (Å²) in [5, 5.41) is 12.0. The fraction of sp³-hybridized carbons (Fsp3) is 0.733. The molecular formula is C15H24N4O2S. The Hall–Kier alpha value is -1.50. The Kier molecular flexibility index (Phi) is 6.30. The summed E-state index contributed by atoms with van der Waals surface area (Å²) in [4.78, 5) is 26.2. The molecular weight excluding hydrogens is 300 g/mol. The number of carbonyl (C=O) groups is 2. The Morgan fingerprint density at radius 3 is 2.77 bits per heavy atom. The van der Waals surface area contributed by atoms with Crippen molar-refractivity contribution in [3.63, 3.8) is 0 Å². The summed E-state index contributed by atoms with van der Waals surface area (Å²) in [6.07, 6.45) is 5.61. The van der Waals surface area contributed by atoms with Crippen LogP contribution in [0.15, 0.2) is 0 Å². The Bertz CT molecular complexity index is 517. The van der Waals surface area contributed by atoms with E-state index >= 15 is 0 Å². The molecule has 2 amide bonds. The van der Waals surface area contributed by atoms with Crippen LogP contribution < -0.4 is 5.32 Å². The second-order valence-electron chi connectivity index (χ2n) is 5.55. The van der Waals surface area contributed by atoms with Crippen LogP contribution in [0, 0.1) is 0 Å². The fourth-order valence-electron chi connectivity index (χ4n) is 2.75. The van der Waals surface area contributed by atoms with Gasteiger partial charge in [0.25, 0.3) is 0 Å². The lowest BCUT2D eigenvalue weighted by molar-refractivity contribution is -0.136. The molecule has 122 valence electrons. The van der Waals surface area contributed by atoms with Crippen molar-refractivity contribution in [1.82, 2.24) is 15.1 Å². The summed E-state index contributed by atoms with van der Waals surface area (Å²) in [5.74, 6) is -0.0783. The van der Waals surface area contributed by atoms with E-state index in [0.717, 1.165) is 37.2 Å². The van der Waals surface area contributed by atoms with Crippen molar-refractivity contribution in [2.75, 3.05) is 11.9 Å². The number of piperidine rings is 1. The van der Waals surface area contributed by atoms with Crippen molar-refractivity contribution in [2.24, 2.45) is 0 Å². The molecule has 0 saturated carbocycles. The molecule has 22 heavy (non-hydrogen) atoms. The topological polar surface area (TPSA) is 75.2 Å². The van der Waals surface area contributed by atoms with Crippen molar-refractivity contribution < 1.29 is 9.59 Å². The molecule has 7 heteroatoms. The monoisotopic (exact) mass is 324 g/mol. The van der Waals surface area contributed by atoms with Crippen LogP contribution in [0.3, 0.4) is 0 Å². The van der Waals surface area contributed by atoms with Gasteiger partial charge in [0.1, 0.15) is 5.01 Å². The number of aromatic nitrogens is 2. The summed E-state index contributed by atoms with van der Waals surface area (Å²) < 4.78 is 0. The van der Waals surface area contributed by atoms with E-state index in [-0.39, 0.29) is 24.7 Å². The predicted molar refractivity (Wildman–Crippen MR) is 86.8 cm³/mol. The Morgan fingerprint density at radius 2 is 2.09 bits per heavy atom. The van der Waals surface area contributed by atoms with Crippen LogP contribution in [-0.2, 0) is 16.0 Å². The third-order valence-corrected chi connectivity index (χ3v) is 4.98. The number of anilines is 1. The van der Waals surface area contributed by atoms with Gasteiger partial charge in [-0.2, -0.15) is 0 Å². The van der Waals surface area contributed by atoms with Crippen LogP contribution in [-0.4, -0.2) is 39.5 Å². The molecule has 1 N–H and O–H groups in total. The van der Waals surface area contributed by atoms with Gasteiger partial charge < -0.3 is 10.2 Å². The average Bonchev–Trinajstić information content (AvgIpc) is 3.00. The Labute approximate surface area is 135 Å². The first kappa shape index (κ1) is 16.9. The van der Waals surface area contributed by atoms with Crippen LogP contribution in [0.25, 0.3) is 0 Å². The van der Waals surface area contributed by atoms with E-state index in [2.05, 4.69) is 22.4 Å². The number of likely N-dealkylation sites (tertiary alicyclic amines) is 1. The van der Waals surface area contributed by atoms with Gasteiger partial charge in [-0.25, -0.2) is 0 Å². The summed E-state index contributed by atoms with van der Waals surface area (Å²) in [5.41, 5.74) is 0. The number of aryl methyl sites for hydroxylation is 1. The highest BCUT2D eigenvalue weighted by molar-refractivity contribution is 7.15. The molecule has 1 aromatic heterocycles. The number of hydrogen-bond acceptors (Lipinski definition) is 5. The lowest BCUT2D eigenvalue weighted by Crippen LogP contribution is -2.43. The molecule has 2 heterocycles. The molecule has 1 aliphatic rings. The minimum Gasteiger partial charge on any atom is -0.340 e. The highest BCUT2D eigenvalue weighted by Crippen LogP contribution is 2.21. The molecule has 1 fully saturated rings. The molecule has 0 aliphatic carbocycles. The lowest BCUT2D eigenvalue weighted by atomic mass is 9.99. The average molecular weight is 324 g/mol. The van der Waals surface area contributed by atoms with E-state index in [1.807, 2.05) is 11.8 Å². The number of nitrogens with one attached hydrogen (secondary N) is 1. The van der Waals surface area contributed by atoms with Gasteiger partial charge in [-0.1, -0.05) is 25.2 Å². The molecule has 0 spiro atoms. The molecule has 1 saturated heterocycles. The maximum Gasteiger partial charge on any atom is 0.226 e. The van der Waals surface area contributed by atoms with Gasteiger partial charge in [0.05, 0.1) is 0 Å². The van der Waals surface area contributed by atoms with Crippen LogP contribution in [0.1, 0.15) is 57.4 Å². The van der Waals surface area contributed by atoms with Gasteiger partial charge in [0.2, 0.25) is 16.9 Å². The quantitative estimate of drug-likeness (QED) is 0.873. The summed E-state index contributed by atoms with van der Waals surface area (Å²) in [6.45, 7) is 4.94. The van der Waals surface area contributed by atoms with Crippen molar-refractivity contribution in [3.05, 3.63) is 5.01 Å². The fourth-order valence-corrected chi connectivity index (χ4v) is 3.44. The largest absolute Gasteiger partial charge is 0.340 e. The summed E-state index contributed by atoms with van der Waals surface area (Å²) in [6, 6.07) is 0.347. The highest BCUT2D eigenvalue weighted by Gasteiger charge is 2.25. The first-order valence-corrected chi connectivity index (χ1v) is 8.87. The van der Waals surface area contributed by atoms with Crippen LogP contribution >= 0.6 is 11.3 Å². The summed E-state index contributed by atoms with van der Waals surface area (Å²) >= 11 is 1.38. The summed E-state index contributed by atoms with van der Waals surface area (Å²) in [7, 11) is 0. The van der Waals surface area contributed by atoms with Gasteiger partial charge in [0.15, 0.2) is 0 Å². The highest BCUT2D eigenvalue weighted by atomic mass is 32.1. The SMILES string of the molecule is CCc1nnc(NC(=O)CCC(=O)N2CCCC[C@@H]2CC)s1. The second-order valence-corrected chi connectivity index (χ2v) is 6.61.